The molecule has 7 nitrogen and oxygen atoms in total. The fourth-order valence-corrected chi connectivity index (χ4v) is 3.65. The Balaban J connectivity index is 1.37. The lowest BCUT2D eigenvalue weighted by molar-refractivity contribution is 0.124. The Bertz CT molecular complexity index is 713. The van der Waals surface area contributed by atoms with E-state index in [1.165, 1.54) is 32.1 Å². The highest BCUT2D eigenvalue weighted by Crippen LogP contribution is 2.28. The Kier molecular flexibility index (Phi) is 4.42. The van der Waals surface area contributed by atoms with Crippen molar-refractivity contribution in [3.05, 3.63) is 35.1 Å². The van der Waals surface area contributed by atoms with Crippen molar-refractivity contribution in [1.29, 1.82) is 0 Å². The second kappa shape index (κ2) is 6.84. The van der Waals surface area contributed by atoms with E-state index in [9.17, 15) is 4.79 Å². The molecule has 7 heteroatoms. The normalized spacial score (nSPS) is 20.2. The average molecular weight is 328 g/mol. The summed E-state index contributed by atoms with van der Waals surface area (Å²) in [4.78, 5) is 18.6. The Morgan fingerprint density at radius 2 is 1.83 bits per heavy atom. The highest BCUT2D eigenvalue weighted by molar-refractivity contribution is 5.16. The van der Waals surface area contributed by atoms with Crippen LogP contribution in [0.5, 0.6) is 0 Å². The van der Waals surface area contributed by atoms with E-state index in [1.54, 1.807) is 27.8 Å². The van der Waals surface area contributed by atoms with E-state index in [0.29, 0.717) is 18.3 Å². The molecule has 0 bridgehead atoms. The highest BCUT2D eigenvalue weighted by atomic mass is 16.1. The maximum atomic E-state index is 12.1. The number of nitrogens with zero attached hydrogens (tertiary/aromatic N) is 6. The summed E-state index contributed by atoms with van der Waals surface area (Å²) in [6.45, 7) is 4.27. The van der Waals surface area contributed by atoms with Gasteiger partial charge in [-0.15, -0.1) is 5.10 Å². The summed E-state index contributed by atoms with van der Waals surface area (Å²) < 4.78 is 3.17. The molecule has 2 aromatic heterocycles. The summed E-state index contributed by atoms with van der Waals surface area (Å²) in [6.07, 6.45) is 9.59. The molecule has 0 radical (unpaired) electrons. The van der Waals surface area contributed by atoms with Gasteiger partial charge in [-0.1, -0.05) is 6.42 Å². The second-order valence-electron chi connectivity index (χ2n) is 7.09. The maximum Gasteiger partial charge on any atom is 0.266 e. The molecule has 0 unspecified atom stereocenters. The summed E-state index contributed by atoms with van der Waals surface area (Å²) in [6, 6.07) is 3.25. The number of aromatic nitrogens is 5. The zero-order valence-electron chi connectivity index (χ0n) is 13.9. The molecule has 1 saturated heterocycles. The van der Waals surface area contributed by atoms with E-state index in [4.69, 9.17) is 0 Å². The van der Waals surface area contributed by atoms with Crippen LogP contribution in [0.3, 0.4) is 0 Å². The molecule has 128 valence electrons. The van der Waals surface area contributed by atoms with E-state index in [-0.39, 0.29) is 5.56 Å². The van der Waals surface area contributed by atoms with Crippen LogP contribution in [-0.4, -0.2) is 49.1 Å². The molecular formula is C17H24N6O. The Hall–Kier alpha value is -2.02. The third-order valence-electron chi connectivity index (χ3n) is 5.39. The minimum Gasteiger partial charge on any atom is -0.303 e. The van der Waals surface area contributed by atoms with Crippen molar-refractivity contribution in [2.45, 2.75) is 38.6 Å². The van der Waals surface area contributed by atoms with Gasteiger partial charge in [0.05, 0.1) is 0 Å². The monoisotopic (exact) mass is 328 g/mol. The lowest BCUT2D eigenvalue weighted by atomic mass is 9.84. The molecule has 0 N–H and O–H groups in total. The van der Waals surface area contributed by atoms with Crippen LogP contribution < -0.4 is 5.56 Å². The van der Waals surface area contributed by atoms with Crippen LogP contribution >= 0.6 is 0 Å². The molecule has 1 aliphatic heterocycles. The Labute approximate surface area is 141 Å². The van der Waals surface area contributed by atoms with Gasteiger partial charge >= 0.3 is 0 Å². The van der Waals surface area contributed by atoms with Gasteiger partial charge in [-0.2, -0.15) is 5.10 Å². The lowest BCUT2D eigenvalue weighted by Crippen LogP contribution is -2.40. The van der Waals surface area contributed by atoms with Crippen molar-refractivity contribution in [1.82, 2.24) is 29.4 Å². The van der Waals surface area contributed by atoms with Crippen LogP contribution in [0, 0.1) is 11.8 Å². The van der Waals surface area contributed by atoms with Crippen LogP contribution in [0.4, 0.5) is 0 Å². The molecule has 1 saturated carbocycles. The van der Waals surface area contributed by atoms with Gasteiger partial charge in [0, 0.05) is 19.2 Å². The molecule has 2 fully saturated rings. The number of hydrogen-bond acceptors (Lipinski definition) is 5. The van der Waals surface area contributed by atoms with Gasteiger partial charge in [-0.25, -0.2) is 14.3 Å². The first kappa shape index (κ1) is 15.5. The lowest BCUT2D eigenvalue weighted by Gasteiger charge is -2.36. The van der Waals surface area contributed by atoms with Crippen molar-refractivity contribution in [3.8, 4) is 5.82 Å². The fourth-order valence-electron chi connectivity index (χ4n) is 3.65. The molecule has 0 aromatic carbocycles. The predicted molar refractivity (Wildman–Crippen MR) is 89.9 cm³/mol. The number of hydrogen-bond donors (Lipinski definition) is 0. The van der Waals surface area contributed by atoms with E-state index < -0.39 is 0 Å². The molecular weight excluding hydrogens is 304 g/mol. The van der Waals surface area contributed by atoms with Gasteiger partial charge in [0.1, 0.15) is 12.7 Å². The first-order valence-electron chi connectivity index (χ1n) is 8.93. The van der Waals surface area contributed by atoms with Crippen molar-refractivity contribution in [2.75, 3.05) is 19.6 Å². The molecule has 3 heterocycles. The molecule has 2 aliphatic rings. The Morgan fingerprint density at radius 1 is 1.04 bits per heavy atom. The number of piperidine rings is 1. The summed E-state index contributed by atoms with van der Waals surface area (Å²) >= 11 is 0. The minimum absolute atomic E-state index is 0.0456. The van der Waals surface area contributed by atoms with Gasteiger partial charge in [-0.3, -0.25) is 4.79 Å². The summed E-state index contributed by atoms with van der Waals surface area (Å²) in [7, 11) is 0. The van der Waals surface area contributed by atoms with Crippen LogP contribution in [0.25, 0.3) is 5.82 Å². The van der Waals surface area contributed by atoms with Crippen LogP contribution in [0.1, 0.15) is 32.1 Å². The SMILES string of the molecule is O=c1ccc(-n2cncn2)nn1CC1CCN(CC2CCC2)CC1. The Morgan fingerprint density at radius 3 is 2.50 bits per heavy atom. The first-order chi connectivity index (χ1) is 11.8. The molecule has 24 heavy (non-hydrogen) atoms. The molecule has 2 aromatic rings. The van der Waals surface area contributed by atoms with E-state index >= 15 is 0 Å². The smallest absolute Gasteiger partial charge is 0.266 e. The minimum atomic E-state index is -0.0456. The van der Waals surface area contributed by atoms with Crippen molar-refractivity contribution >= 4 is 0 Å². The van der Waals surface area contributed by atoms with Crippen molar-refractivity contribution in [3.63, 3.8) is 0 Å². The molecule has 4 rings (SSSR count). The zero-order valence-corrected chi connectivity index (χ0v) is 13.9. The predicted octanol–water partition coefficient (Wildman–Crippen LogP) is 1.34. The van der Waals surface area contributed by atoms with Gasteiger partial charge in [-0.05, 0) is 56.7 Å². The summed E-state index contributed by atoms with van der Waals surface area (Å²) in [5.74, 6) is 2.10. The van der Waals surface area contributed by atoms with Gasteiger partial charge in [0.25, 0.3) is 5.56 Å². The van der Waals surface area contributed by atoms with E-state index in [2.05, 4.69) is 20.1 Å². The third-order valence-corrected chi connectivity index (χ3v) is 5.39. The number of rotatable bonds is 5. The molecule has 0 spiro atoms. The zero-order chi connectivity index (χ0) is 16.4. The highest BCUT2D eigenvalue weighted by Gasteiger charge is 2.25. The molecule has 0 amide bonds. The van der Waals surface area contributed by atoms with Gasteiger partial charge < -0.3 is 4.90 Å². The molecule has 0 atom stereocenters. The summed E-state index contributed by atoms with van der Waals surface area (Å²) in [5, 5.41) is 8.53. The van der Waals surface area contributed by atoms with Crippen LogP contribution in [-0.2, 0) is 6.54 Å². The molecule has 1 aliphatic carbocycles. The maximum absolute atomic E-state index is 12.1. The number of likely N-dealkylation sites (tertiary alicyclic amines) is 1. The van der Waals surface area contributed by atoms with Gasteiger partial charge in [0.15, 0.2) is 5.82 Å². The standard InChI is InChI=1S/C17H24N6O/c24-17-5-4-16(23-13-18-12-19-23)20-22(17)11-15-6-8-21(9-7-15)10-14-2-1-3-14/h4-5,12-15H,1-3,6-11H2. The quantitative estimate of drug-likeness (QED) is 0.828. The van der Waals surface area contributed by atoms with Crippen LogP contribution in [0.15, 0.2) is 29.6 Å². The van der Waals surface area contributed by atoms with Gasteiger partial charge in [0.2, 0.25) is 0 Å². The van der Waals surface area contributed by atoms with E-state index in [0.717, 1.165) is 31.8 Å². The second-order valence-corrected chi connectivity index (χ2v) is 7.09. The fraction of sp³-hybridized carbons (Fsp3) is 0.647. The van der Waals surface area contributed by atoms with E-state index in [1.807, 2.05) is 0 Å². The summed E-state index contributed by atoms with van der Waals surface area (Å²) in [5.41, 5.74) is -0.0456. The largest absolute Gasteiger partial charge is 0.303 e. The topological polar surface area (TPSA) is 68.8 Å². The van der Waals surface area contributed by atoms with Crippen LogP contribution in [0.2, 0.25) is 0 Å². The van der Waals surface area contributed by atoms with Crippen molar-refractivity contribution in [2.24, 2.45) is 11.8 Å². The average Bonchev–Trinajstić information content (AvgIpc) is 3.09. The van der Waals surface area contributed by atoms with Crippen molar-refractivity contribution < 1.29 is 0 Å². The third kappa shape index (κ3) is 3.40. The first-order valence-corrected chi connectivity index (χ1v) is 8.93.